The Morgan fingerprint density at radius 1 is 1.46 bits per heavy atom. The molecule has 0 spiro atoms. The van der Waals surface area contributed by atoms with E-state index in [1.54, 1.807) is 12.1 Å². The number of hydrogen-bond donors (Lipinski definition) is 1. The SMILES string of the molecule is N#CC(=O)c1nc2ccccc2[nH]1. The van der Waals surface area contributed by atoms with Gasteiger partial charge in [0.1, 0.15) is 6.07 Å². The number of nitriles is 1. The largest absolute Gasteiger partial charge is 0.335 e. The zero-order chi connectivity index (χ0) is 9.26. The standard InChI is InChI=1S/C9H5N3O/c10-5-8(13)9-11-6-3-1-2-4-7(6)12-9/h1-4H,(H,11,12). The van der Waals surface area contributed by atoms with E-state index in [-0.39, 0.29) is 5.82 Å². The summed E-state index contributed by atoms with van der Waals surface area (Å²) in [6.45, 7) is 0. The molecule has 0 aliphatic rings. The molecule has 0 aliphatic heterocycles. The second kappa shape index (κ2) is 2.72. The molecule has 13 heavy (non-hydrogen) atoms. The van der Waals surface area contributed by atoms with Crippen molar-refractivity contribution in [2.45, 2.75) is 0 Å². The van der Waals surface area contributed by atoms with Crippen molar-refractivity contribution < 1.29 is 4.79 Å². The number of nitrogens with one attached hydrogen (secondary N) is 1. The van der Waals surface area contributed by atoms with E-state index in [2.05, 4.69) is 9.97 Å². The molecule has 62 valence electrons. The first kappa shape index (κ1) is 7.50. The van der Waals surface area contributed by atoms with Crippen LogP contribution in [0.25, 0.3) is 11.0 Å². The lowest BCUT2D eigenvalue weighted by atomic mass is 10.3. The predicted octanol–water partition coefficient (Wildman–Crippen LogP) is 1.27. The molecule has 0 unspecified atom stereocenters. The number of carbonyl (C=O) groups excluding carboxylic acids is 1. The van der Waals surface area contributed by atoms with Crippen molar-refractivity contribution >= 4 is 16.8 Å². The molecule has 1 heterocycles. The lowest BCUT2D eigenvalue weighted by Gasteiger charge is -1.81. The highest BCUT2D eigenvalue weighted by atomic mass is 16.1. The summed E-state index contributed by atoms with van der Waals surface area (Å²) in [4.78, 5) is 17.6. The number of fused-ring (bicyclic) bond motifs is 1. The van der Waals surface area contributed by atoms with Gasteiger partial charge in [0.05, 0.1) is 11.0 Å². The Morgan fingerprint density at radius 3 is 2.92 bits per heavy atom. The van der Waals surface area contributed by atoms with Crippen LogP contribution in [0.4, 0.5) is 0 Å². The highest BCUT2D eigenvalue weighted by molar-refractivity contribution is 6.06. The molecule has 0 bridgehead atoms. The fourth-order valence-corrected chi connectivity index (χ4v) is 1.11. The minimum Gasteiger partial charge on any atom is -0.335 e. The Hall–Kier alpha value is -2.15. The average Bonchev–Trinajstić information content (AvgIpc) is 2.59. The van der Waals surface area contributed by atoms with Crippen LogP contribution in [0.5, 0.6) is 0 Å². The highest BCUT2D eigenvalue weighted by Gasteiger charge is 2.08. The van der Waals surface area contributed by atoms with E-state index < -0.39 is 5.78 Å². The van der Waals surface area contributed by atoms with E-state index in [9.17, 15) is 4.79 Å². The van der Waals surface area contributed by atoms with Crippen LogP contribution in [0.15, 0.2) is 24.3 Å². The van der Waals surface area contributed by atoms with E-state index in [1.165, 1.54) is 6.07 Å². The Kier molecular flexibility index (Phi) is 1.57. The van der Waals surface area contributed by atoms with Gasteiger partial charge in [-0.15, -0.1) is 0 Å². The average molecular weight is 171 g/mol. The van der Waals surface area contributed by atoms with Crippen LogP contribution in [-0.4, -0.2) is 15.8 Å². The van der Waals surface area contributed by atoms with Crippen LogP contribution >= 0.6 is 0 Å². The zero-order valence-electron chi connectivity index (χ0n) is 6.61. The lowest BCUT2D eigenvalue weighted by molar-refractivity contribution is 0.104. The molecule has 0 saturated carbocycles. The van der Waals surface area contributed by atoms with Crippen LogP contribution in [0, 0.1) is 11.3 Å². The molecule has 0 atom stereocenters. The molecule has 0 amide bonds. The number of nitrogens with zero attached hydrogens (tertiary/aromatic N) is 2. The molecule has 0 saturated heterocycles. The van der Waals surface area contributed by atoms with Gasteiger partial charge in [-0.2, -0.15) is 5.26 Å². The zero-order valence-corrected chi connectivity index (χ0v) is 6.61. The van der Waals surface area contributed by atoms with E-state index in [0.717, 1.165) is 5.52 Å². The van der Waals surface area contributed by atoms with E-state index in [0.29, 0.717) is 5.52 Å². The molecule has 4 nitrogen and oxygen atoms in total. The first-order chi connectivity index (χ1) is 6.31. The van der Waals surface area contributed by atoms with Crippen molar-refractivity contribution in [3.8, 4) is 6.07 Å². The Bertz CT molecular complexity index is 474. The molecule has 1 aromatic heterocycles. The number of H-pyrrole nitrogens is 1. The van der Waals surface area contributed by atoms with E-state index in [4.69, 9.17) is 5.26 Å². The molecular weight excluding hydrogens is 166 g/mol. The minimum atomic E-state index is -0.642. The molecule has 4 heteroatoms. The van der Waals surface area contributed by atoms with Gasteiger partial charge in [0, 0.05) is 0 Å². The van der Waals surface area contributed by atoms with Gasteiger partial charge in [-0.25, -0.2) is 4.98 Å². The number of ketones is 1. The number of imidazole rings is 1. The van der Waals surface area contributed by atoms with Gasteiger partial charge in [0.15, 0.2) is 5.82 Å². The maximum Gasteiger partial charge on any atom is 0.297 e. The number of benzene rings is 1. The summed E-state index contributed by atoms with van der Waals surface area (Å²) in [5, 5.41) is 8.35. The first-order valence-electron chi connectivity index (χ1n) is 3.70. The summed E-state index contributed by atoms with van der Waals surface area (Å²) in [5.41, 5.74) is 1.46. The molecule has 2 aromatic rings. The number of aromatic nitrogens is 2. The van der Waals surface area contributed by atoms with Crippen molar-refractivity contribution in [3.63, 3.8) is 0 Å². The van der Waals surface area contributed by atoms with Crippen molar-refractivity contribution in [3.05, 3.63) is 30.1 Å². The maximum atomic E-state index is 10.9. The van der Waals surface area contributed by atoms with Crippen LogP contribution in [0.1, 0.15) is 10.6 Å². The normalized spacial score (nSPS) is 9.77. The van der Waals surface area contributed by atoms with Crippen LogP contribution < -0.4 is 0 Å². The summed E-state index contributed by atoms with van der Waals surface area (Å²) >= 11 is 0. The van der Waals surface area contributed by atoms with E-state index >= 15 is 0 Å². The summed E-state index contributed by atoms with van der Waals surface area (Å²) in [6, 6.07) is 8.75. The molecule has 1 N–H and O–H groups in total. The number of rotatable bonds is 1. The number of para-hydroxylation sites is 2. The second-order valence-corrected chi connectivity index (χ2v) is 2.54. The van der Waals surface area contributed by atoms with Crippen LogP contribution in [-0.2, 0) is 0 Å². The van der Waals surface area contributed by atoms with Gasteiger partial charge >= 0.3 is 0 Å². The number of aromatic amines is 1. The third kappa shape index (κ3) is 1.16. The highest BCUT2D eigenvalue weighted by Crippen LogP contribution is 2.09. The number of hydrogen-bond acceptors (Lipinski definition) is 3. The van der Waals surface area contributed by atoms with Gasteiger partial charge in [-0.1, -0.05) is 12.1 Å². The fraction of sp³-hybridized carbons (Fsp3) is 0. The van der Waals surface area contributed by atoms with Crippen LogP contribution in [0.2, 0.25) is 0 Å². The quantitative estimate of drug-likeness (QED) is 0.518. The topological polar surface area (TPSA) is 69.5 Å². The minimum absolute atomic E-state index is 0.101. The molecule has 0 fully saturated rings. The molecule has 0 aliphatic carbocycles. The van der Waals surface area contributed by atoms with Crippen LogP contribution in [0.3, 0.4) is 0 Å². The molecule has 2 rings (SSSR count). The number of carbonyl (C=O) groups is 1. The van der Waals surface area contributed by atoms with Crippen molar-refractivity contribution in [2.24, 2.45) is 0 Å². The number of Topliss-reactive ketones (excluding diaryl/α,β-unsaturated/α-hetero) is 1. The van der Waals surface area contributed by atoms with Gasteiger partial charge < -0.3 is 4.98 Å². The van der Waals surface area contributed by atoms with Gasteiger partial charge in [-0.05, 0) is 12.1 Å². The summed E-state index contributed by atoms with van der Waals surface area (Å²) in [5.74, 6) is -0.542. The Morgan fingerprint density at radius 2 is 2.23 bits per heavy atom. The summed E-state index contributed by atoms with van der Waals surface area (Å²) in [6.07, 6.45) is 0. The monoisotopic (exact) mass is 171 g/mol. The maximum absolute atomic E-state index is 10.9. The van der Waals surface area contributed by atoms with Crippen molar-refractivity contribution in [2.75, 3.05) is 0 Å². The fourth-order valence-electron chi connectivity index (χ4n) is 1.11. The molecule has 1 aromatic carbocycles. The smallest absolute Gasteiger partial charge is 0.297 e. The van der Waals surface area contributed by atoms with Gasteiger partial charge in [-0.3, -0.25) is 4.79 Å². The summed E-state index contributed by atoms with van der Waals surface area (Å²) in [7, 11) is 0. The summed E-state index contributed by atoms with van der Waals surface area (Å²) < 4.78 is 0. The Balaban J connectivity index is 2.64. The van der Waals surface area contributed by atoms with E-state index in [1.807, 2.05) is 12.1 Å². The first-order valence-corrected chi connectivity index (χ1v) is 3.70. The second-order valence-electron chi connectivity index (χ2n) is 2.54. The molecule has 0 radical (unpaired) electrons. The molecular formula is C9H5N3O. The predicted molar refractivity (Wildman–Crippen MR) is 46.0 cm³/mol. The third-order valence-electron chi connectivity index (χ3n) is 1.71. The third-order valence-corrected chi connectivity index (χ3v) is 1.71. The van der Waals surface area contributed by atoms with Gasteiger partial charge in [0.25, 0.3) is 5.78 Å². The van der Waals surface area contributed by atoms with Crippen molar-refractivity contribution in [1.82, 2.24) is 9.97 Å². The lowest BCUT2D eigenvalue weighted by Crippen LogP contribution is -1.96. The Labute approximate surface area is 73.8 Å². The van der Waals surface area contributed by atoms with Gasteiger partial charge in [0.2, 0.25) is 0 Å². The van der Waals surface area contributed by atoms with Crippen molar-refractivity contribution in [1.29, 1.82) is 5.26 Å².